The summed E-state index contributed by atoms with van der Waals surface area (Å²) >= 11 is 0. The summed E-state index contributed by atoms with van der Waals surface area (Å²) in [5.74, 6) is -1.73. The number of rotatable bonds is 6. The number of carbonyl (C=O) groups is 3. The summed E-state index contributed by atoms with van der Waals surface area (Å²) in [5.41, 5.74) is 2.80. The average molecular weight is 425 g/mol. The Hall–Kier alpha value is -3.35. The molecule has 1 amide bonds. The molecule has 7 heteroatoms. The summed E-state index contributed by atoms with van der Waals surface area (Å²) in [6.07, 6.45) is -1.12. The number of benzene rings is 2. The van der Waals surface area contributed by atoms with Gasteiger partial charge in [0.2, 0.25) is 0 Å². The number of carbonyl (C=O) groups excluding carboxylic acids is 2. The number of ether oxygens (including phenoxy) is 2. The van der Waals surface area contributed by atoms with Crippen molar-refractivity contribution in [3.8, 4) is 11.1 Å². The molecule has 0 heterocycles. The first-order valence-corrected chi connectivity index (χ1v) is 10.1. The predicted octanol–water partition coefficient (Wildman–Crippen LogP) is 4.40. The van der Waals surface area contributed by atoms with Crippen LogP contribution in [0.4, 0.5) is 4.79 Å². The molecule has 2 aromatic rings. The molecule has 164 valence electrons. The smallest absolute Gasteiger partial charge is 0.411 e. The lowest BCUT2D eigenvalue weighted by atomic mass is 9.99. The lowest BCUT2D eigenvalue weighted by Crippen LogP contribution is -2.49. The number of esters is 1. The average Bonchev–Trinajstić information content (AvgIpc) is 3.03. The van der Waals surface area contributed by atoms with Gasteiger partial charge < -0.3 is 14.6 Å². The van der Waals surface area contributed by atoms with Gasteiger partial charge in [0, 0.05) is 6.42 Å². The summed E-state index contributed by atoms with van der Waals surface area (Å²) in [7, 11) is 1.24. The van der Waals surface area contributed by atoms with Gasteiger partial charge in [0.1, 0.15) is 11.6 Å². The molecule has 31 heavy (non-hydrogen) atoms. The Morgan fingerprint density at radius 3 is 1.97 bits per heavy atom. The van der Waals surface area contributed by atoms with Crippen LogP contribution >= 0.6 is 0 Å². The molecule has 1 aliphatic rings. The molecule has 7 nitrogen and oxygen atoms in total. The monoisotopic (exact) mass is 425 g/mol. The third-order valence-electron chi connectivity index (χ3n) is 5.11. The molecule has 0 bridgehead atoms. The Morgan fingerprint density at radius 2 is 1.52 bits per heavy atom. The van der Waals surface area contributed by atoms with Crippen LogP contribution in [0.1, 0.15) is 50.8 Å². The molecule has 1 atom stereocenters. The second-order valence-electron chi connectivity index (χ2n) is 8.44. The molecule has 0 radical (unpaired) electrons. The van der Waals surface area contributed by atoms with E-state index in [1.54, 1.807) is 20.8 Å². The largest absolute Gasteiger partial charge is 0.481 e. The van der Waals surface area contributed by atoms with E-state index in [0.29, 0.717) is 0 Å². The van der Waals surface area contributed by atoms with Crippen molar-refractivity contribution in [3.63, 3.8) is 0 Å². The number of hydrogen-bond donors (Lipinski definition) is 1. The van der Waals surface area contributed by atoms with Crippen molar-refractivity contribution in [2.45, 2.75) is 51.3 Å². The zero-order valence-electron chi connectivity index (χ0n) is 18.1. The first-order valence-electron chi connectivity index (χ1n) is 10.1. The molecule has 0 fully saturated rings. The second-order valence-corrected chi connectivity index (χ2v) is 8.44. The van der Waals surface area contributed by atoms with E-state index >= 15 is 0 Å². The number of hydrogen-bond acceptors (Lipinski definition) is 5. The molecular weight excluding hydrogens is 398 g/mol. The quantitative estimate of drug-likeness (QED) is 0.690. The number of carboxylic acid groups (broad SMARTS) is 1. The van der Waals surface area contributed by atoms with E-state index < -0.39 is 35.7 Å². The molecular formula is C24H27NO6. The van der Waals surface area contributed by atoms with Crippen LogP contribution in [0.5, 0.6) is 0 Å². The van der Waals surface area contributed by atoms with Gasteiger partial charge in [-0.15, -0.1) is 0 Å². The standard InChI is InChI=1S/C24H27NO6/c1-24(2,3)31-22(28)19(13-14-20(26)27)25(23(29)30-4)21-17-11-7-5-9-15(17)16-10-6-8-12-18(16)21/h5-12,19,21H,13-14H2,1-4H3,(H,26,27)/t19-/m0/s1. The van der Waals surface area contributed by atoms with E-state index in [4.69, 9.17) is 9.47 Å². The van der Waals surface area contributed by atoms with Gasteiger partial charge in [0.05, 0.1) is 13.2 Å². The van der Waals surface area contributed by atoms with Crippen molar-refractivity contribution in [1.29, 1.82) is 0 Å². The Labute approximate surface area is 181 Å². The van der Waals surface area contributed by atoms with Gasteiger partial charge >= 0.3 is 18.0 Å². The Kier molecular flexibility index (Phi) is 6.34. The van der Waals surface area contributed by atoms with Crippen LogP contribution in [0.25, 0.3) is 11.1 Å². The Balaban J connectivity index is 2.14. The summed E-state index contributed by atoms with van der Waals surface area (Å²) in [4.78, 5) is 38.8. The molecule has 3 rings (SSSR count). The number of fused-ring (bicyclic) bond motifs is 3. The van der Waals surface area contributed by atoms with Crippen molar-refractivity contribution >= 4 is 18.0 Å². The third kappa shape index (κ3) is 4.71. The first-order chi connectivity index (χ1) is 14.6. The van der Waals surface area contributed by atoms with Crippen molar-refractivity contribution in [2.24, 2.45) is 0 Å². The highest BCUT2D eigenvalue weighted by Crippen LogP contribution is 2.47. The zero-order chi connectivity index (χ0) is 22.8. The fraction of sp³-hybridized carbons (Fsp3) is 0.375. The summed E-state index contributed by atoms with van der Waals surface area (Å²) in [5, 5.41) is 9.25. The zero-order valence-corrected chi connectivity index (χ0v) is 18.1. The minimum absolute atomic E-state index is 0.0970. The summed E-state index contributed by atoms with van der Waals surface area (Å²) < 4.78 is 10.6. The van der Waals surface area contributed by atoms with Crippen LogP contribution in [-0.4, -0.2) is 46.8 Å². The maximum absolute atomic E-state index is 13.1. The molecule has 0 aromatic heterocycles. The topological polar surface area (TPSA) is 93.1 Å². The molecule has 0 saturated carbocycles. The second kappa shape index (κ2) is 8.79. The minimum atomic E-state index is -1.13. The van der Waals surface area contributed by atoms with Gasteiger partial charge in [0.25, 0.3) is 0 Å². The van der Waals surface area contributed by atoms with E-state index in [1.807, 2.05) is 48.5 Å². The van der Waals surface area contributed by atoms with Gasteiger partial charge in [-0.3, -0.25) is 9.69 Å². The lowest BCUT2D eigenvalue weighted by Gasteiger charge is -2.36. The number of carboxylic acids is 1. The molecule has 0 spiro atoms. The highest BCUT2D eigenvalue weighted by Gasteiger charge is 2.43. The van der Waals surface area contributed by atoms with Crippen LogP contribution in [0.3, 0.4) is 0 Å². The van der Waals surface area contributed by atoms with Crippen LogP contribution in [-0.2, 0) is 19.1 Å². The van der Waals surface area contributed by atoms with Crippen molar-refractivity contribution in [2.75, 3.05) is 7.11 Å². The van der Waals surface area contributed by atoms with Gasteiger partial charge in [-0.05, 0) is 49.4 Å². The van der Waals surface area contributed by atoms with Crippen molar-refractivity contribution in [3.05, 3.63) is 59.7 Å². The van der Waals surface area contributed by atoms with E-state index in [-0.39, 0.29) is 12.8 Å². The summed E-state index contributed by atoms with van der Waals surface area (Å²) in [6.45, 7) is 5.17. The van der Waals surface area contributed by atoms with Crippen LogP contribution in [0, 0.1) is 0 Å². The SMILES string of the molecule is COC(=O)N(C1c2ccccc2-c2ccccc21)[C@@H](CCC(=O)O)C(=O)OC(C)(C)C. The maximum Gasteiger partial charge on any atom is 0.411 e. The highest BCUT2D eigenvalue weighted by atomic mass is 16.6. The fourth-order valence-corrected chi connectivity index (χ4v) is 3.95. The number of aliphatic carboxylic acids is 1. The lowest BCUT2D eigenvalue weighted by molar-refractivity contribution is -0.162. The van der Waals surface area contributed by atoms with Crippen molar-refractivity contribution < 1.29 is 29.0 Å². The van der Waals surface area contributed by atoms with Crippen LogP contribution in [0.15, 0.2) is 48.5 Å². The maximum atomic E-state index is 13.1. The minimum Gasteiger partial charge on any atom is -0.481 e. The van der Waals surface area contributed by atoms with Crippen LogP contribution < -0.4 is 0 Å². The Morgan fingerprint density at radius 1 is 1.00 bits per heavy atom. The number of methoxy groups -OCH3 is 1. The first kappa shape index (κ1) is 22.3. The van der Waals surface area contributed by atoms with Gasteiger partial charge in [-0.25, -0.2) is 9.59 Å². The predicted molar refractivity (Wildman–Crippen MR) is 114 cm³/mol. The Bertz CT molecular complexity index is 948. The van der Waals surface area contributed by atoms with E-state index in [1.165, 1.54) is 12.0 Å². The molecule has 1 aliphatic carbocycles. The molecule has 0 saturated heterocycles. The van der Waals surface area contributed by atoms with Gasteiger partial charge in [-0.2, -0.15) is 0 Å². The van der Waals surface area contributed by atoms with Gasteiger partial charge in [-0.1, -0.05) is 48.5 Å². The third-order valence-corrected chi connectivity index (χ3v) is 5.11. The van der Waals surface area contributed by atoms with E-state index in [2.05, 4.69) is 0 Å². The van der Waals surface area contributed by atoms with E-state index in [0.717, 1.165) is 22.3 Å². The molecule has 0 unspecified atom stereocenters. The molecule has 2 aromatic carbocycles. The summed E-state index contributed by atoms with van der Waals surface area (Å²) in [6, 6.07) is 13.6. The number of nitrogens with zero attached hydrogens (tertiary/aromatic N) is 1. The normalized spacial score (nSPS) is 13.7. The molecule has 0 aliphatic heterocycles. The van der Waals surface area contributed by atoms with Gasteiger partial charge in [0.15, 0.2) is 0 Å². The fourth-order valence-electron chi connectivity index (χ4n) is 3.95. The highest BCUT2D eigenvalue weighted by molar-refractivity contribution is 5.86. The molecule has 1 N–H and O–H groups in total. The van der Waals surface area contributed by atoms with Crippen LogP contribution in [0.2, 0.25) is 0 Å². The van der Waals surface area contributed by atoms with Crippen molar-refractivity contribution in [1.82, 2.24) is 4.90 Å². The number of amides is 1. The van der Waals surface area contributed by atoms with E-state index in [9.17, 15) is 19.5 Å².